The summed E-state index contributed by atoms with van der Waals surface area (Å²) in [6.07, 6.45) is 2.42. The van der Waals surface area contributed by atoms with Gasteiger partial charge in [0.15, 0.2) is 5.78 Å². The van der Waals surface area contributed by atoms with Crippen molar-refractivity contribution in [1.29, 1.82) is 0 Å². The largest absolute Gasteiger partial charge is 0.295 e. The van der Waals surface area contributed by atoms with Gasteiger partial charge in [-0.15, -0.1) is 0 Å². The van der Waals surface area contributed by atoms with Crippen LogP contribution in [0, 0.1) is 6.92 Å². The summed E-state index contributed by atoms with van der Waals surface area (Å²) in [7, 11) is -3.76. The highest BCUT2D eigenvalue weighted by molar-refractivity contribution is 7.89. The van der Waals surface area contributed by atoms with Crippen LogP contribution < -0.4 is 4.72 Å². The number of nitrogens with one attached hydrogen (secondary N) is 1. The summed E-state index contributed by atoms with van der Waals surface area (Å²) in [4.78, 5) is 12.3. The monoisotopic (exact) mass is 357 g/mol. The van der Waals surface area contributed by atoms with E-state index in [1.807, 2.05) is 44.2 Å². The maximum Gasteiger partial charge on any atom is 0.241 e. The van der Waals surface area contributed by atoms with Crippen LogP contribution in [0.5, 0.6) is 0 Å². The quantitative estimate of drug-likeness (QED) is 0.764. The Morgan fingerprint density at radius 3 is 2.20 bits per heavy atom. The van der Waals surface area contributed by atoms with E-state index in [0.29, 0.717) is 12.0 Å². The number of aryl methyl sites for hydroxylation is 1. The minimum absolute atomic E-state index is 0.151. The van der Waals surface area contributed by atoms with Gasteiger partial charge in [-0.3, -0.25) is 4.79 Å². The number of Topliss-reactive ketones (excluding diaryl/α,β-unsaturated/α-hetero) is 1. The van der Waals surface area contributed by atoms with Crippen LogP contribution >= 0.6 is 0 Å². The second-order valence-electron chi connectivity index (χ2n) is 5.90. The molecule has 132 valence electrons. The van der Waals surface area contributed by atoms with Crippen molar-refractivity contribution in [3.05, 3.63) is 77.4 Å². The fraction of sp³-hybridized carbons (Fsp3) is 0.250. The standard InChI is InChI=1S/C20H23NO3S/c1-4-8-19(16(3)22)20(17-9-6-5-7-10-17)21-25(23,24)18-13-11-15(2)12-14-18/h5-14,20-21H,4H2,1-3H3/b19-8+. The number of ketones is 1. The normalized spacial score (nSPS) is 13.5. The van der Waals surface area contributed by atoms with Crippen molar-refractivity contribution in [2.24, 2.45) is 0 Å². The maximum atomic E-state index is 12.8. The molecule has 25 heavy (non-hydrogen) atoms. The van der Waals surface area contributed by atoms with Crippen LogP contribution in [-0.4, -0.2) is 14.2 Å². The van der Waals surface area contributed by atoms with Crippen LogP contribution in [0.15, 0.2) is 71.1 Å². The van der Waals surface area contributed by atoms with Gasteiger partial charge in [-0.2, -0.15) is 4.72 Å². The summed E-state index contributed by atoms with van der Waals surface area (Å²) in [5.41, 5.74) is 2.16. The molecule has 0 aliphatic carbocycles. The molecule has 0 amide bonds. The first-order chi connectivity index (χ1) is 11.8. The molecule has 1 N–H and O–H groups in total. The van der Waals surface area contributed by atoms with Crippen molar-refractivity contribution >= 4 is 15.8 Å². The molecule has 0 aliphatic heterocycles. The van der Waals surface area contributed by atoms with Crippen LogP contribution in [0.25, 0.3) is 0 Å². The number of sulfonamides is 1. The van der Waals surface area contributed by atoms with E-state index in [1.165, 1.54) is 6.92 Å². The summed E-state index contributed by atoms with van der Waals surface area (Å²) in [5, 5.41) is 0. The van der Waals surface area contributed by atoms with E-state index in [-0.39, 0.29) is 10.7 Å². The van der Waals surface area contributed by atoms with E-state index >= 15 is 0 Å². The van der Waals surface area contributed by atoms with Crippen LogP contribution in [0.1, 0.15) is 37.4 Å². The predicted octanol–water partition coefficient (Wildman–Crippen LogP) is 3.94. The Hall–Kier alpha value is -2.24. The molecule has 0 radical (unpaired) electrons. The van der Waals surface area contributed by atoms with Gasteiger partial charge in [0.2, 0.25) is 10.0 Å². The highest BCUT2D eigenvalue weighted by Crippen LogP contribution is 2.25. The van der Waals surface area contributed by atoms with Gasteiger partial charge in [-0.05, 0) is 38.0 Å². The summed E-state index contributed by atoms with van der Waals surface area (Å²) in [5.74, 6) is -0.151. The minimum atomic E-state index is -3.76. The lowest BCUT2D eigenvalue weighted by Gasteiger charge is -2.21. The van der Waals surface area contributed by atoms with Gasteiger partial charge in [0.05, 0.1) is 10.9 Å². The van der Waals surface area contributed by atoms with Crippen molar-refractivity contribution in [1.82, 2.24) is 4.72 Å². The second-order valence-corrected chi connectivity index (χ2v) is 7.62. The maximum absolute atomic E-state index is 12.8. The first-order valence-corrected chi connectivity index (χ1v) is 9.68. The van der Waals surface area contributed by atoms with Crippen LogP contribution in [0.2, 0.25) is 0 Å². The number of rotatable bonds is 7. The fourth-order valence-electron chi connectivity index (χ4n) is 2.58. The van der Waals surface area contributed by atoms with Crippen LogP contribution in [0.4, 0.5) is 0 Å². The number of hydrogen-bond donors (Lipinski definition) is 1. The molecule has 0 bridgehead atoms. The Bertz CT molecular complexity index is 854. The van der Waals surface area contributed by atoms with E-state index in [4.69, 9.17) is 0 Å². The zero-order valence-electron chi connectivity index (χ0n) is 14.7. The van der Waals surface area contributed by atoms with Crippen molar-refractivity contribution < 1.29 is 13.2 Å². The number of carbonyl (C=O) groups excluding carboxylic acids is 1. The highest BCUT2D eigenvalue weighted by Gasteiger charge is 2.26. The zero-order chi connectivity index (χ0) is 18.4. The Balaban J connectivity index is 2.47. The second kappa shape index (κ2) is 8.23. The van der Waals surface area contributed by atoms with Crippen LogP contribution in [0.3, 0.4) is 0 Å². The lowest BCUT2D eigenvalue weighted by Crippen LogP contribution is -2.31. The molecule has 0 spiro atoms. The smallest absolute Gasteiger partial charge is 0.241 e. The molecule has 2 rings (SSSR count). The fourth-order valence-corrected chi connectivity index (χ4v) is 3.79. The molecule has 4 nitrogen and oxygen atoms in total. The molecule has 1 unspecified atom stereocenters. The number of benzene rings is 2. The van der Waals surface area contributed by atoms with Crippen molar-refractivity contribution in [3.8, 4) is 0 Å². The summed E-state index contributed by atoms with van der Waals surface area (Å²) >= 11 is 0. The van der Waals surface area contributed by atoms with E-state index in [2.05, 4.69) is 4.72 Å². The van der Waals surface area contributed by atoms with Gasteiger partial charge in [-0.25, -0.2) is 8.42 Å². The van der Waals surface area contributed by atoms with E-state index in [1.54, 1.807) is 30.3 Å². The third kappa shape index (κ3) is 4.87. The van der Waals surface area contributed by atoms with Crippen molar-refractivity contribution in [2.75, 3.05) is 0 Å². The van der Waals surface area contributed by atoms with Crippen LogP contribution in [-0.2, 0) is 14.8 Å². The van der Waals surface area contributed by atoms with Crippen molar-refractivity contribution in [2.45, 2.75) is 38.1 Å². The summed E-state index contributed by atoms with van der Waals surface area (Å²) in [6.45, 7) is 5.27. The molecular weight excluding hydrogens is 334 g/mol. The number of allylic oxidation sites excluding steroid dienone is 1. The van der Waals surface area contributed by atoms with E-state index < -0.39 is 16.1 Å². The van der Waals surface area contributed by atoms with Gasteiger partial charge in [0, 0.05) is 5.57 Å². The molecule has 5 heteroatoms. The Morgan fingerprint density at radius 1 is 1.08 bits per heavy atom. The Labute approximate surface area is 149 Å². The number of carbonyl (C=O) groups is 1. The lowest BCUT2D eigenvalue weighted by molar-refractivity contribution is -0.113. The molecule has 1 atom stereocenters. The van der Waals surface area contributed by atoms with E-state index in [0.717, 1.165) is 11.1 Å². The van der Waals surface area contributed by atoms with Gasteiger partial charge >= 0.3 is 0 Å². The summed E-state index contributed by atoms with van der Waals surface area (Å²) in [6, 6.07) is 15.0. The molecule has 0 fully saturated rings. The zero-order valence-corrected chi connectivity index (χ0v) is 15.5. The van der Waals surface area contributed by atoms with Gasteiger partial charge in [-0.1, -0.05) is 61.0 Å². The molecule has 0 saturated carbocycles. The van der Waals surface area contributed by atoms with E-state index in [9.17, 15) is 13.2 Å². The Kier molecular flexibility index (Phi) is 6.28. The average molecular weight is 357 g/mol. The minimum Gasteiger partial charge on any atom is -0.295 e. The first kappa shape index (κ1) is 19.1. The molecule has 0 aromatic heterocycles. The molecule has 2 aromatic carbocycles. The average Bonchev–Trinajstić information content (AvgIpc) is 2.59. The Morgan fingerprint density at radius 2 is 1.68 bits per heavy atom. The molecule has 0 aliphatic rings. The molecule has 0 saturated heterocycles. The number of hydrogen-bond acceptors (Lipinski definition) is 3. The SMILES string of the molecule is CC/C=C(\C(C)=O)C(NS(=O)(=O)c1ccc(C)cc1)c1ccccc1. The lowest BCUT2D eigenvalue weighted by atomic mass is 9.96. The predicted molar refractivity (Wildman–Crippen MR) is 99.7 cm³/mol. The van der Waals surface area contributed by atoms with Gasteiger partial charge in [0.1, 0.15) is 0 Å². The highest BCUT2D eigenvalue weighted by atomic mass is 32.2. The third-order valence-electron chi connectivity index (χ3n) is 3.88. The molecular formula is C20H23NO3S. The topological polar surface area (TPSA) is 63.2 Å². The van der Waals surface area contributed by atoms with Crippen molar-refractivity contribution in [3.63, 3.8) is 0 Å². The van der Waals surface area contributed by atoms with Gasteiger partial charge < -0.3 is 0 Å². The molecule has 0 heterocycles. The summed E-state index contributed by atoms with van der Waals surface area (Å²) < 4.78 is 28.3. The molecule has 2 aromatic rings. The van der Waals surface area contributed by atoms with Gasteiger partial charge in [0.25, 0.3) is 0 Å². The first-order valence-electron chi connectivity index (χ1n) is 8.20. The third-order valence-corrected chi connectivity index (χ3v) is 5.32.